The van der Waals surface area contributed by atoms with Gasteiger partial charge < -0.3 is 18.9 Å². The van der Waals surface area contributed by atoms with Crippen LogP contribution in [0.5, 0.6) is 0 Å². The second kappa shape index (κ2) is 36.9. The molecule has 0 aromatic carbocycles. The lowest BCUT2D eigenvalue weighted by Crippen LogP contribution is -2.37. The molecule has 308 valence electrons. The third kappa shape index (κ3) is 40.2. The van der Waals surface area contributed by atoms with Crippen molar-refractivity contribution in [3.8, 4) is 0 Å². The molecule has 0 heterocycles. The van der Waals surface area contributed by atoms with Gasteiger partial charge in [-0.25, -0.2) is 4.57 Å². The van der Waals surface area contributed by atoms with Gasteiger partial charge in [-0.3, -0.25) is 13.8 Å². The van der Waals surface area contributed by atoms with Crippen molar-refractivity contribution < 1.29 is 37.3 Å². The molecule has 0 saturated carbocycles. The van der Waals surface area contributed by atoms with Crippen molar-refractivity contribution in [1.82, 2.24) is 0 Å². The number of unbranched alkanes of at least 4 members (excludes halogenated alkanes) is 22. The smallest absolute Gasteiger partial charge is 0.457 e. The molecule has 0 aliphatic carbocycles. The van der Waals surface area contributed by atoms with E-state index in [2.05, 4.69) is 38.2 Å². The first-order chi connectivity index (χ1) is 25.1. The van der Waals surface area contributed by atoms with Crippen molar-refractivity contribution in [2.24, 2.45) is 0 Å². The number of carbonyl (C=O) groups is 1. The Bertz CT molecular complexity index is 889. The third-order valence-electron chi connectivity index (χ3n) is 9.27. The van der Waals surface area contributed by atoms with Gasteiger partial charge in [-0.2, -0.15) is 0 Å². The first-order valence-electron chi connectivity index (χ1n) is 21.6. The van der Waals surface area contributed by atoms with Gasteiger partial charge in [0.15, 0.2) is 0 Å². The Kier molecular flexibility index (Phi) is 36.2. The van der Waals surface area contributed by atoms with Crippen LogP contribution in [0.3, 0.4) is 0 Å². The molecule has 0 rings (SSSR count). The summed E-state index contributed by atoms with van der Waals surface area (Å²) in [5.74, 6) is -0.326. The van der Waals surface area contributed by atoms with E-state index in [4.69, 9.17) is 18.5 Å². The third-order valence-corrected chi connectivity index (χ3v) is 10.2. The molecule has 8 nitrogen and oxygen atoms in total. The number of nitrogens with zero attached hydrogens (tertiary/aromatic N) is 1. The largest absolute Gasteiger partial charge is 0.472 e. The molecule has 0 amide bonds. The monoisotopic (exact) mass is 759 g/mol. The molecule has 2 unspecified atom stereocenters. The van der Waals surface area contributed by atoms with Crippen LogP contribution in [-0.2, 0) is 27.9 Å². The Balaban J connectivity index is 4.24. The zero-order chi connectivity index (χ0) is 38.4. The molecule has 0 bridgehead atoms. The lowest BCUT2D eigenvalue weighted by molar-refractivity contribution is -0.870. The maximum atomic E-state index is 12.7. The van der Waals surface area contributed by atoms with Gasteiger partial charge in [0.1, 0.15) is 19.3 Å². The second-order valence-electron chi connectivity index (χ2n) is 15.7. The Morgan fingerprint density at radius 2 is 1.08 bits per heavy atom. The highest BCUT2D eigenvalue weighted by atomic mass is 31.2. The van der Waals surface area contributed by atoms with Gasteiger partial charge in [0.05, 0.1) is 34.4 Å². The van der Waals surface area contributed by atoms with Crippen molar-refractivity contribution in [2.45, 2.75) is 193 Å². The molecule has 9 heteroatoms. The van der Waals surface area contributed by atoms with E-state index in [1.807, 2.05) is 21.1 Å². The minimum Gasteiger partial charge on any atom is -0.457 e. The molecule has 2 atom stereocenters. The Morgan fingerprint density at radius 1 is 0.596 bits per heavy atom. The van der Waals surface area contributed by atoms with Crippen LogP contribution in [-0.4, -0.2) is 75.6 Å². The number of quaternary nitrogens is 1. The van der Waals surface area contributed by atoms with Gasteiger partial charge in [-0.05, 0) is 38.5 Å². The van der Waals surface area contributed by atoms with E-state index in [1.165, 1.54) is 109 Å². The fourth-order valence-electron chi connectivity index (χ4n) is 5.86. The van der Waals surface area contributed by atoms with Gasteiger partial charge in [0.25, 0.3) is 0 Å². The van der Waals surface area contributed by atoms with Crippen molar-refractivity contribution in [3.63, 3.8) is 0 Å². The van der Waals surface area contributed by atoms with Crippen LogP contribution in [0.15, 0.2) is 24.3 Å². The molecular weight excluding hydrogens is 673 g/mol. The van der Waals surface area contributed by atoms with E-state index in [-0.39, 0.29) is 25.8 Å². The summed E-state index contributed by atoms with van der Waals surface area (Å²) in [6, 6.07) is 0. The number of carbonyl (C=O) groups excluding carboxylic acids is 1. The standard InChI is InChI=1S/C43H84NO7P/c1-6-8-10-12-14-16-18-20-22-23-25-27-29-31-33-35-38-48-40-42(41-50-52(46,47)49-39-37-44(3,4)5)51-43(45)36-34-32-30-28-26-24-21-19-17-15-13-11-9-7-2/h13,15,19,21,42H,6-12,14,16-18,20,22-41H2,1-5H3/p+1/b15-13-,21-19-. The Labute approximate surface area is 322 Å². The molecule has 0 spiro atoms. The number of phosphoric ester groups is 1. The fourth-order valence-corrected chi connectivity index (χ4v) is 6.60. The average Bonchev–Trinajstić information content (AvgIpc) is 3.09. The highest BCUT2D eigenvalue weighted by molar-refractivity contribution is 7.47. The highest BCUT2D eigenvalue weighted by Crippen LogP contribution is 2.43. The summed E-state index contributed by atoms with van der Waals surface area (Å²) in [5, 5.41) is 0. The van der Waals surface area contributed by atoms with E-state index in [0.29, 0.717) is 24.1 Å². The van der Waals surface area contributed by atoms with Crippen LogP contribution in [0.4, 0.5) is 0 Å². The summed E-state index contributed by atoms with van der Waals surface area (Å²) in [4.78, 5) is 22.8. The lowest BCUT2D eigenvalue weighted by Gasteiger charge is -2.24. The van der Waals surface area contributed by atoms with Crippen LogP contribution in [0.25, 0.3) is 0 Å². The number of phosphoric acid groups is 1. The molecule has 0 aliphatic heterocycles. The van der Waals surface area contributed by atoms with E-state index in [1.54, 1.807) is 0 Å². The number of allylic oxidation sites excluding steroid dienone is 4. The predicted octanol–water partition coefficient (Wildman–Crippen LogP) is 12.4. The van der Waals surface area contributed by atoms with E-state index in [9.17, 15) is 14.3 Å². The zero-order valence-electron chi connectivity index (χ0n) is 34.8. The van der Waals surface area contributed by atoms with Gasteiger partial charge in [-0.15, -0.1) is 0 Å². The molecule has 0 fully saturated rings. The minimum atomic E-state index is -4.27. The van der Waals surface area contributed by atoms with E-state index < -0.39 is 13.9 Å². The van der Waals surface area contributed by atoms with Gasteiger partial charge >= 0.3 is 13.8 Å². The van der Waals surface area contributed by atoms with E-state index >= 15 is 0 Å². The Morgan fingerprint density at radius 3 is 1.62 bits per heavy atom. The highest BCUT2D eigenvalue weighted by Gasteiger charge is 2.26. The van der Waals surface area contributed by atoms with Crippen molar-refractivity contribution >= 4 is 13.8 Å². The molecule has 0 saturated heterocycles. The fraction of sp³-hybridized carbons (Fsp3) is 0.884. The Hall–Kier alpha value is -1.02. The van der Waals surface area contributed by atoms with Crippen LogP contribution in [0.2, 0.25) is 0 Å². The summed E-state index contributed by atoms with van der Waals surface area (Å²) in [5.41, 5.74) is 0. The van der Waals surface area contributed by atoms with Crippen LogP contribution >= 0.6 is 7.82 Å². The number of hydrogen-bond acceptors (Lipinski definition) is 6. The first-order valence-corrected chi connectivity index (χ1v) is 23.1. The average molecular weight is 759 g/mol. The number of hydrogen-bond donors (Lipinski definition) is 1. The van der Waals surface area contributed by atoms with Gasteiger partial charge in [0, 0.05) is 13.0 Å². The first kappa shape index (κ1) is 51.0. The zero-order valence-corrected chi connectivity index (χ0v) is 35.7. The van der Waals surface area contributed by atoms with Gasteiger partial charge in [-0.1, -0.05) is 167 Å². The molecular formula is C43H85NO7P+. The quantitative estimate of drug-likeness (QED) is 0.0219. The van der Waals surface area contributed by atoms with Crippen molar-refractivity contribution in [1.29, 1.82) is 0 Å². The topological polar surface area (TPSA) is 91.3 Å². The molecule has 52 heavy (non-hydrogen) atoms. The van der Waals surface area contributed by atoms with Crippen molar-refractivity contribution in [3.05, 3.63) is 24.3 Å². The number of ether oxygens (including phenoxy) is 2. The maximum absolute atomic E-state index is 12.7. The molecule has 0 aromatic heterocycles. The minimum absolute atomic E-state index is 0.0875. The molecule has 0 aromatic rings. The van der Waals surface area contributed by atoms with E-state index in [0.717, 1.165) is 57.8 Å². The van der Waals surface area contributed by atoms with Crippen LogP contribution in [0, 0.1) is 0 Å². The summed E-state index contributed by atoms with van der Waals surface area (Å²) < 4.78 is 35.0. The molecule has 0 radical (unpaired) electrons. The molecule has 1 N–H and O–H groups in total. The number of rotatable bonds is 40. The number of esters is 1. The van der Waals surface area contributed by atoms with Crippen molar-refractivity contribution in [2.75, 3.05) is 54.1 Å². The SMILES string of the molecule is CCCC/C=C\C/C=C\CCCCCCCC(=O)OC(COCCCCCCCCCCCCCCCCCC)COP(=O)(O)OCC[N+](C)(C)C. The summed E-state index contributed by atoms with van der Waals surface area (Å²) in [6.45, 7) is 5.59. The summed E-state index contributed by atoms with van der Waals surface area (Å²) in [7, 11) is 1.66. The van der Waals surface area contributed by atoms with Gasteiger partial charge in [0.2, 0.25) is 0 Å². The number of likely N-dealkylation sites (N-methyl/N-ethyl adjacent to an activating group) is 1. The summed E-state index contributed by atoms with van der Waals surface area (Å²) >= 11 is 0. The molecule has 0 aliphatic rings. The predicted molar refractivity (Wildman–Crippen MR) is 220 cm³/mol. The maximum Gasteiger partial charge on any atom is 0.472 e. The van der Waals surface area contributed by atoms with Crippen LogP contribution in [0.1, 0.15) is 187 Å². The normalized spacial score (nSPS) is 14.0. The summed E-state index contributed by atoms with van der Waals surface area (Å²) in [6.07, 6.45) is 40.6. The lowest BCUT2D eigenvalue weighted by atomic mass is 10.0. The second-order valence-corrected chi connectivity index (χ2v) is 17.2. The van der Waals surface area contributed by atoms with Crippen LogP contribution < -0.4 is 0 Å².